The Kier molecular flexibility index (Phi) is 6.74. The van der Waals surface area contributed by atoms with Crippen LogP contribution in [0.1, 0.15) is 55.5 Å². The maximum atomic E-state index is 12.0. The van der Waals surface area contributed by atoms with Crippen molar-refractivity contribution in [3.63, 3.8) is 0 Å². The first kappa shape index (κ1) is 15.3. The Labute approximate surface area is 116 Å². The Morgan fingerprint density at radius 1 is 1.32 bits per heavy atom. The van der Waals surface area contributed by atoms with E-state index >= 15 is 0 Å². The van der Waals surface area contributed by atoms with Crippen LogP contribution in [0.2, 0.25) is 0 Å². The van der Waals surface area contributed by atoms with Crippen molar-refractivity contribution in [1.29, 1.82) is 0 Å². The maximum Gasteiger partial charge on any atom is 0.251 e. The van der Waals surface area contributed by atoms with Gasteiger partial charge in [-0.1, -0.05) is 39.0 Å². The van der Waals surface area contributed by atoms with E-state index in [0.29, 0.717) is 11.5 Å². The van der Waals surface area contributed by atoms with Crippen molar-refractivity contribution in [3.05, 3.63) is 35.4 Å². The van der Waals surface area contributed by atoms with E-state index in [0.717, 1.165) is 18.5 Å². The molecule has 1 aromatic rings. The van der Waals surface area contributed by atoms with Crippen LogP contribution in [0.4, 0.5) is 0 Å². The quantitative estimate of drug-likeness (QED) is 0.743. The molecule has 1 aromatic carbocycles. The van der Waals surface area contributed by atoms with Crippen LogP contribution < -0.4 is 5.32 Å². The van der Waals surface area contributed by atoms with E-state index in [1.165, 1.54) is 19.3 Å². The third-order valence-electron chi connectivity index (χ3n) is 3.41. The number of benzene rings is 1. The van der Waals surface area contributed by atoms with Gasteiger partial charge in [-0.05, 0) is 36.6 Å². The van der Waals surface area contributed by atoms with Crippen LogP contribution in [0.15, 0.2) is 24.3 Å². The predicted octanol–water partition coefficient (Wildman–Crippen LogP) is 3.61. The molecule has 2 heteroatoms. The van der Waals surface area contributed by atoms with Crippen molar-refractivity contribution in [1.82, 2.24) is 5.32 Å². The first-order valence-corrected chi connectivity index (χ1v) is 7.06. The number of hydrogen-bond donors (Lipinski definition) is 1. The maximum absolute atomic E-state index is 12.0. The third kappa shape index (κ3) is 5.18. The topological polar surface area (TPSA) is 29.1 Å². The van der Waals surface area contributed by atoms with Gasteiger partial charge >= 0.3 is 0 Å². The van der Waals surface area contributed by atoms with Crippen molar-refractivity contribution >= 4 is 5.91 Å². The summed E-state index contributed by atoms with van der Waals surface area (Å²) >= 11 is 0. The van der Waals surface area contributed by atoms with Crippen molar-refractivity contribution < 1.29 is 4.79 Å². The summed E-state index contributed by atoms with van der Waals surface area (Å²) in [5.74, 6) is 3.11. The summed E-state index contributed by atoms with van der Waals surface area (Å²) in [6, 6.07) is 7.14. The second-order valence-corrected chi connectivity index (χ2v) is 4.85. The van der Waals surface area contributed by atoms with E-state index in [1.807, 2.05) is 0 Å². The van der Waals surface area contributed by atoms with Crippen molar-refractivity contribution in [2.45, 2.75) is 39.5 Å². The Hall–Kier alpha value is -1.75. The normalized spacial score (nSPS) is 11.6. The van der Waals surface area contributed by atoms with E-state index in [2.05, 4.69) is 25.1 Å². The zero-order valence-corrected chi connectivity index (χ0v) is 11.9. The fourth-order valence-electron chi connectivity index (χ4n) is 2.00. The Morgan fingerprint density at radius 3 is 2.53 bits per heavy atom. The number of carbonyl (C=O) groups excluding carboxylic acids is 1. The fourth-order valence-corrected chi connectivity index (χ4v) is 2.00. The highest BCUT2D eigenvalue weighted by molar-refractivity contribution is 5.94. The molecule has 0 aliphatic carbocycles. The SMILES string of the molecule is C#Cc1ccc(C(=O)NCC(CC)CCCC)cc1. The molecule has 1 unspecified atom stereocenters. The first-order valence-electron chi connectivity index (χ1n) is 7.06. The lowest BCUT2D eigenvalue weighted by Gasteiger charge is -2.15. The summed E-state index contributed by atoms with van der Waals surface area (Å²) in [6.07, 6.45) is 10.0. The van der Waals surface area contributed by atoms with Crippen molar-refractivity contribution in [2.24, 2.45) is 5.92 Å². The zero-order chi connectivity index (χ0) is 14.1. The van der Waals surface area contributed by atoms with E-state index in [1.54, 1.807) is 24.3 Å². The van der Waals surface area contributed by atoms with E-state index in [-0.39, 0.29) is 5.91 Å². The number of terminal acetylenes is 1. The average Bonchev–Trinajstić information content (AvgIpc) is 2.47. The second-order valence-electron chi connectivity index (χ2n) is 4.85. The summed E-state index contributed by atoms with van der Waals surface area (Å²) in [5, 5.41) is 3.01. The van der Waals surface area contributed by atoms with E-state index < -0.39 is 0 Å². The smallest absolute Gasteiger partial charge is 0.251 e. The Morgan fingerprint density at radius 2 is 2.00 bits per heavy atom. The van der Waals surface area contributed by atoms with E-state index in [9.17, 15) is 4.79 Å². The number of amides is 1. The molecule has 0 radical (unpaired) electrons. The lowest BCUT2D eigenvalue weighted by molar-refractivity contribution is 0.0946. The fraction of sp³-hybridized carbons (Fsp3) is 0.471. The van der Waals surface area contributed by atoms with Crippen LogP contribution in [0.3, 0.4) is 0 Å². The van der Waals surface area contributed by atoms with Gasteiger partial charge in [-0.15, -0.1) is 6.42 Å². The van der Waals surface area contributed by atoms with Crippen LogP contribution in [-0.2, 0) is 0 Å². The van der Waals surface area contributed by atoms with Crippen LogP contribution in [0.5, 0.6) is 0 Å². The summed E-state index contributed by atoms with van der Waals surface area (Å²) in [4.78, 5) is 12.0. The molecule has 0 saturated carbocycles. The molecular formula is C17H23NO. The molecule has 1 rings (SSSR count). The molecule has 0 spiro atoms. The molecule has 0 aliphatic rings. The number of hydrogen-bond acceptors (Lipinski definition) is 1. The van der Waals surface area contributed by atoms with Gasteiger partial charge in [0.2, 0.25) is 0 Å². The average molecular weight is 257 g/mol. The van der Waals surface area contributed by atoms with Gasteiger partial charge in [0.05, 0.1) is 0 Å². The van der Waals surface area contributed by atoms with Crippen LogP contribution in [0, 0.1) is 18.3 Å². The highest BCUT2D eigenvalue weighted by Crippen LogP contribution is 2.11. The Balaban J connectivity index is 2.47. The standard InChI is InChI=1S/C17H23NO/c1-4-7-8-15(6-3)13-18-17(19)16-11-9-14(5-2)10-12-16/h2,9-12,15H,4,6-8,13H2,1,3H3,(H,18,19). The predicted molar refractivity (Wildman–Crippen MR) is 80.0 cm³/mol. The highest BCUT2D eigenvalue weighted by atomic mass is 16.1. The van der Waals surface area contributed by atoms with Gasteiger partial charge in [0.15, 0.2) is 0 Å². The third-order valence-corrected chi connectivity index (χ3v) is 3.41. The van der Waals surface area contributed by atoms with Crippen LogP contribution >= 0.6 is 0 Å². The molecule has 0 heterocycles. The molecule has 0 aromatic heterocycles. The van der Waals surface area contributed by atoms with Crippen LogP contribution in [0.25, 0.3) is 0 Å². The van der Waals surface area contributed by atoms with Gasteiger partial charge < -0.3 is 5.32 Å². The molecule has 19 heavy (non-hydrogen) atoms. The van der Waals surface area contributed by atoms with Gasteiger partial charge in [0, 0.05) is 17.7 Å². The molecule has 102 valence electrons. The molecule has 0 fully saturated rings. The van der Waals surface area contributed by atoms with Gasteiger partial charge in [-0.2, -0.15) is 0 Å². The number of carbonyl (C=O) groups is 1. The second kappa shape index (κ2) is 8.37. The largest absolute Gasteiger partial charge is 0.352 e. The summed E-state index contributed by atoms with van der Waals surface area (Å²) in [5.41, 5.74) is 1.47. The van der Waals surface area contributed by atoms with E-state index in [4.69, 9.17) is 6.42 Å². The van der Waals surface area contributed by atoms with Gasteiger partial charge in [-0.25, -0.2) is 0 Å². The molecule has 0 bridgehead atoms. The van der Waals surface area contributed by atoms with Crippen molar-refractivity contribution in [2.75, 3.05) is 6.54 Å². The lowest BCUT2D eigenvalue weighted by Crippen LogP contribution is -2.29. The molecular weight excluding hydrogens is 234 g/mol. The summed E-state index contributed by atoms with van der Waals surface area (Å²) in [7, 11) is 0. The minimum atomic E-state index is -0.0153. The molecule has 0 saturated heterocycles. The van der Waals surface area contributed by atoms with Crippen molar-refractivity contribution in [3.8, 4) is 12.3 Å². The van der Waals surface area contributed by atoms with Gasteiger partial charge in [0.25, 0.3) is 5.91 Å². The zero-order valence-electron chi connectivity index (χ0n) is 11.9. The molecule has 2 nitrogen and oxygen atoms in total. The lowest BCUT2D eigenvalue weighted by atomic mass is 9.99. The highest BCUT2D eigenvalue weighted by Gasteiger charge is 2.09. The number of unbranched alkanes of at least 4 members (excludes halogenated alkanes) is 1. The summed E-state index contributed by atoms with van der Waals surface area (Å²) < 4.78 is 0. The van der Waals surface area contributed by atoms with Gasteiger partial charge in [-0.3, -0.25) is 4.79 Å². The molecule has 1 amide bonds. The minimum Gasteiger partial charge on any atom is -0.352 e. The molecule has 1 N–H and O–H groups in total. The first-order chi connectivity index (χ1) is 9.21. The molecule has 0 aliphatic heterocycles. The number of nitrogens with one attached hydrogen (secondary N) is 1. The summed E-state index contributed by atoms with van der Waals surface area (Å²) in [6.45, 7) is 5.12. The van der Waals surface area contributed by atoms with Crippen LogP contribution in [-0.4, -0.2) is 12.5 Å². The Bertz CT molecular complexity index is 428. The molecule has 1 atom stereocenters. The number of rotatable bonds is 7. The monoisotopic (exact) mass is 257 g/mol. The van der Waals surface area contributed by atoms with Gasteiger partial charge in [0.1, 0.15) is 0 Å². The minimum absolute atomic E-state index is 0.0153.